The van der Waals surface area contributed by atoms with Crippen molar-refractivity contribution in [2.45, 2.75) is 264 Å². The molecule has 0 aromatic heterocycles. The van der Waals surface area contributed by atoms with Crippen LogP contribution in [0.3, 0.4) is 0 Å². The van der Waals surface area contributed by atoms with Gasteiger partial charge in [0.05, 0.1) is 39.9 Å². The number of nitrogens with zero attached hydrogens (tertiary/aromatic N) is 1. The minimum Gasteiger partial charge on any atom is -0.391 e. The van der Waals surface area contributed by atoms with Gasteiger partial charge in [-0.05, 0) is 44.9 Å². The largest absolute Gasteiger partial charge is 0.472 e. The summed E-state index contributed by atoms with van der Waals surface area (Å²) in [5.41, 5.74) is 0. The van der Waals surface area contributed by atoms with E-state index in [1.807, 2.05) is 21.1 Å². The number of hydrogen-bond donors (Lipinski definition) is 3. The van der Waals surface area contributed by atoms with E-state index in [0.29, 0.717) is 23.9 Å². The van der Waals surface area contributed by atoms with Crippen LogP contribution in [0.15, 0.2) is 24.3 Å². The number of phosphoric acid groups is 1. The summed E-state index contributed by atoms with van der Waals surface area (Å²) in [6, 6.07) is -0.759. The second kappa shape index (κ2) is 44.2. The topological polar surface area (TPSA) is 105 Å². The van der Waals surface area contributed by atoms with Crippen molar-refractivity contribution in [1.29, 1.82) is 0 Å². The molecule has 61 heavy (non-hydrogen) atoms. The van der Waals surface area contributed by atoms with Crippen molar-refractivity contribution < 1.29 is 32.9 Å². The molecule has 0 saturated heterocycles. The fourth-order valence-corrected chi connectivity index (χ4v) is 8.52. The number of unbranched alkanes of at least 4 members (excludes halogenated alkanes) is 31. The minimum atomic E-state index is -4.31. The molecule has 0 saturated carbocycles. The van der Waals surface area contributed by atoms with E-state index < -0.39 is 20.0 Å². The molecule has 3 unspecified atom stereocenters. The molecule has 362 valence electrons. The Kier molecular flexibility index (Phi) is 43.5. The van der Waals surface area contributed by atoms with Gasteiger partial charge in [-0.15, -0.1) is 0 Å². The number of nitrogens with one attached hydrogen (secondary N) is 1. The van der Waals surface area contributed by atoms with Gasteiger partial charge < -0.3 is 19.8 Å². The third-order valence-electron chi connectivity index (χ3n) is 12.0. The number of carbonyl (C=O) groups excluding carboxylic acids is 1. The van der Waals surface area contributed by atoms with Crippen molar-refractivity contribution in [3.63, 3.8) is 0 Å². The quantitative estimate of drug-likeness (QED) is 0.0243. The number of amides is 1. The van der Waals surface area contributed by atoms with Crippen LogP contribution in [0.5, 0.6) is 0 Å². The molecular weight excluding hydrogens is 780 g/mol. The van der Waals surface area contributed by atoms with Gasteiger partial charge in [0.15, 0.2) is 0 Å². The first-order valence-electron chi connectivity index (χ1n) is 26.2. The monoisotopic (exact) mass is 884 g/mol. The second-order valence-electron chi connectivity index (χ2n) is 19.3. The lowest BCUT2D eigenvalue weighted by molar-refractivity contribution is -0.870. The number of hydrogen-bond acceptors (Lipinski definition) is 5. The Bertz CT molecular complexity index is 1050. The first-order chi connectivity index (χ1) is 29.5. The van der Waals surface area contributed by atoms with E-state index in [2.05, 4.69) is 43.5 Å². The van der Waals surface area contributed by atoms with Gasteiger partial charge >= 0.3 is 7.82 Å². The highest BCUT2D eigenvalue weighted by atomic mass is 31.2. The number of quaternary nitrogens is 1. The average Bonchev–Trinajstić information content (AvgIpc) is 3.21. The predicted molar refractivity (Wildman–Crippen MR) is 263 cm³/mol. The van der Waals surface area contributed by atoms with Crippen LogP contribution in [-0.2, 0) is 18.4 Å². The lowest BCUT2D eigenvalue weighted by atomic mass is 10.0. The Hall–Kier alpha value is -1.02. The standard InChI is InChI=1S/C52H103N2O6P/c1-6-8-10-12-14-16-18-20-21-22-23-24-25-26-27-28-29-30-31-32-33-34-36-38-40-42-44-46-52(56)53-50(49-60-61(57,58)59-48-47-54(3,4)5)51(55)45-43-41-39-37-35-19-17-15-13-11-9-7-2/h23-24,26-27,50-51,55H,6-22,25,28-49H2,1-5H3,(H-,53,56,57,58)/p+1/b24-23-,27-26-. The maximum absolute atomic E-state index is 12.9. The molecule has 8 nitrogen and oxygen atoms in total. The summed E-state index contributed by atoms with van der Waals surface area (Å²) in [4.78, 5) is 23.2. The Balaban J connectivity index is 4.11. The highest BCUT2D eigenvalue weighted by Gasteiger charge is 2.28. The average molecular weight is 884 g/mol. The fourth-order valence-electron chi connectivity index (χ4n) is 7.78. The molecule has 0 aliphatic heterocycles. The summed E-state index contributed by atoms with van der Waals surface area (Å²) in [6.45, 7) is 4.90. The Morgan fingerprint density at radius 2 is 0.934 bits per heavy atom. The van der Waals surface area contributed by atoms with Crippen LogP contribution in [0.4, 0.5) is 0 Å². The van der Waals surface area contributed by atoms with Crippen molar-refractivity contribution in [3.8, 4) is 0 Å². The van der Waals surface area contributed by atoms with Crippen LogP contribution in [0, 0.1) is 0 Å². The van der Waals surface area contributed by atoms with Crippen molar-refractivity contribution in [2.24, 2.45) is 0 Å². The lowest BCUT2D eigenvalue weighted by Crippen LogP contribution is -2.46. The maximum atomic E-state index is 12.9. The second-order valence-corrected chi connectivity index (χ2v) is 20.7. The van der Waals surface area contributed by atoms with Crippen LogP contribution >= 0.6 is 7.82 Å². The Morgan fingerprint density at radius 3 is 1.34 bits per heavy atom. The van der Waals surface area contributed by atoms with Crippen molar-refractivity contribution in [3.05, 3.63) is 24.3 Å². The predicted octanol–water partition coefficient (Wildman–Crippen LogP) is 15.3. The van der Waals surface area contributed by atoms with Gasteiger partial charge in [0.2, 0.25) is 5.91 Å². The van der Waals surface area contributed by atoms with E-state index in [0.717, 1.165) is 44.9 Å². The van der Waals surface area contributed by atoms with Gasteiger partial charge in [-0.25, -0.2) is 4.57 Å². The molecule has 1 amide bonds. The van der Waals surface area contributed by atoms with E-state index in [4.69, 9.17) is 9.05 Å². The fraction of sp³-hybridized carbons (Fsp3) is 0.904. The molecule has 0 heterocycles. The maximum Gasteiger partial charge on any atom is 0.472 e. The number of aliphatic hydroxyl groups excluding tert-OH is 1. The summed E-state index contributed by atoms with van der Waals surface area (Å²) in [5.74, 6) is -0.145. The molecule has 0 aromatic rings. The molecule has 0 aromatic carbocycles. The third kappa shape index (κ3) is 46.8. The third-order valence-corrected chi connectivity index (χ3v) is 12.9. The molecule has 0 aliphatic carbocycles. The normalized spacial score (nSPS) is 14.3. The molecule has 0 spiro atoms. The number of allylic oxidation sites excluding steroid dienone is 4. The highest BCUT2D eigenvalue weighted by Crippen LogP contribution is 2.43. The van der Waals surface area contributed by atoms with Crippen molar-refractivity contribution in [2.75, 3.05) is 40.9 Å². The van der Waals surface area contributed by atoms with Crippen LogP contribution in [0.1, 0.15) is 251 Å². The number of likely N-dealkylation sites (N-methyl/N-ethyl adjacent to an activating group) is 1. The number of aliphatic hydroxyl groups is 1. The van der Waals surface area contributed by atoms with E-state index >= 15 is 0 Å². The molecule has 3 N–H and O–H groups in total. The minimum absolute atomic E-state index is 0.0752. The van der Waals surface area contributed by atoms with Gasteiger partial charge in [-0.1, -0.05) is 224 Å². The van der Waals surface area contributed by atoms with E-state index in [9.17, 15) is 19.4 Å². The Labute approximate surface area is 379 Å². The number of carbonyl (C=O) groups is 1. The van der Waals surface area contributed by atoms with Crippen LogP contribution in [-0.4, -0.2) is 73.4 Å². The van der Waals surface area contributed by atoms with Gasteiger partial charge in [0, 0.05) is 6.42 Å². The first kappa shape index (κ1) is 60.0. The van der Waals surface area contributed by atoms with E-state index in [1.54, 1.807) is 0 Å². The summed E-state index contributed by atoms with van der Waals surface area (Å²) in [5, 5.41) is 14.0. The summed E-state index contributed by atoms with van der Waals surface area (Å²) in [6.07, 6.45) is 53.7. The molecule has 3 atom stereocenters. The molecule has 0 aliphatic rings. The number of phosphoric ester groups is 1. The van der Waals surface area contributed by atoms with Crippen LogP contribution < -0.4 is 5.32 Å². The first-order valence-corrected chi connectivity index (χ1v) is 27.7. The molecule has 9 heteroatoms. The van der Waals surface area contributed by atoms with Gasteiger partial charge in [-0.3, -0.25) is 13.8 Å². The zero-order chi connectivity index (χ0) is 45.0. The van der Waals surface area contributed by atoms with Gasteiger partial charge in [-0.2, -0.15) is 0 Å². The molecular formula is C52H104N2O6P+. The summed E-state index contributed by atoms with van der Waals surface area (Å²) >= 11 is 0. The molecule has 0 fully saturated rings. The van der Waals surface area contributed by atoms with E-state index in [-0.39, 0.29) is 19.1 Å². The van der Waals surface area contributed by atoms with Crippen molar-refractivity contribution in [1.82, 2.24) is 5.32 Å². The Morgan fingerprint density at radius 1 is 0.557 bits per heavy atom. The number of rotatable bonds is 48. The zero-order valence-corrected chi connectivity index (χ0v) is 42.1. The SMILES string of the molecule is CCCCCCCCCCC/C=C\C/C=C\CCCCCCCCCCCCCC(=O)NC(COP(=O)(O)OCC[N+](C)(C)C)C(O)CCCCCCCCCCCCCC. The van der Waals surface area contributed by atoms with Gasteiger partial charge in [0.1, 0.15) is 13.2 Å². The smallest absolute Gasteiger partial charge is 0.391 e. The van der Waals surface area contributed by atoms with E-state index in [1.165, 1.54) is 180 Å². The molecule has 0 bridgehead atoms. The summed E-state index contributed by atoms with van der Waals surface area (Å²) < 4.78 is 23.7. The van der Waals surface area contributed by atoms with Crippen molar-refractivity contribution >= 4 is 13.7 Å². The molecule has 0 rings (SSSR count). The highest BCUT2D eigenvalue weighted by molar-refractivity contribution is 7.47. The molecule has 0 radical (unpaired) electrons. The lowest BCUT2D eigenvalue weighted by Gasteiger charge is -2.26. The summed E-state index contributed by atoms with van der Waals surface area (Å²) in [7, 11) is 1.62. The zero-order valence-electron chi connectivity index (χ0n) is 41.2. The van der Waals surface area contributed by atoms with Crippen LogP contribution in [0.25, 0.3) is 0 Å². The van der Waals surface area contributed by atoms with Crippen LogP contribution in [0.2, 0.25) is 0 Å². The van der Waals surface area contributed by atoms with Gasteiger partial charge in [0.25, 0.3) is 0 Å².